The van der Waals surface area contributed by atoms with E-state index in [9.17, 15) is 4.79 Å². The molecule has 0 aliphatic heterocycles. The number of aromatic nitrogens is 2. The first-order valence-corrected chi connectivity index (χ1v) is 6.56. The number of nitrogens with one attached hydrogen (secondary N) is 2. The largest absolute Gasteiger partial charge is 0.361 e. The molecule has 0 aliphatic carbocycles. The molecule has 5 heteroatoms. The number of nitrogens with zero attached hydrogens (tertiary/aromatic N) is 1. The van der Waals surface area contributed by atoms with E-state index >= 15 is 0 Å². The molecular weight excluding hydrogens is 274 g/mol. The van der Waals surface area contributed by atoms with Gasteiger partial charge in [0.25, 0.3) is 0 Å². The van der Waals surface area contributed by atoms with Crippen LogP contribution in [0.4, 0.5) is 5.69 Å². The molecule has 0 aliphatic rings. The van der Waals surface area contributed by atoms with Crippen molar-refractivity contribution in [3.05, 3.63) is 59.5 Å². The first-order chi connectivity index (χ1) is 9.72. The van der Waals surface area contributed by atoms with Crippen molar-refractivity contribution in [1.29, 1.82) is 0 Å². The number of pyridine rings is 1. The van der Waals surface area contributed by atoms with E-state index in [2.05, 4.69) is 15.3 Å². The molecule has 0 radical (unpaired) electrons. The van der Waals surface area contributed by atoms with Gasteiger partial charge >= 0.3 is 0 Å². The van der Waals surface area contributed by atoms with Crippen LogP contribution < -0.4 is 5.32 Å². The average Bonchev–Trinajstić information content (AvgIpc) is 2.82. The molecule has 0 fully saturated rings. The summed E-state index contributed by atoms with van der Waals surface area (Å²) in [5.41, 5.74) is 2.65. The molecule has 4 nitrogen and oxygen atoms in total. The van der Waals surface area contributed by atoms with Crippen LogP contribution in [0, 0.1) is 0 Å². The van der Waals surface area contributed by atoms with Crippen LogP contribution in [-0.2, 0) is 11.2 Å². The molecule has 0 unspecified atom stereocenters. The Kier molecular flexibility index (Phi) is 3.39. The van der Waals surface area contributed by atoms with E-state index in [1.807, 2.05) is 30.5 Å². The fourth-order valence-corrected chi connectivity index (χ4v) is 2.31. The highest BCUT2D eigenvalue weighted by molar-refractivity contribution is 6.29. The van der Waals surface area contributed by atoms with Gasteiger partial charge < -0.3 is 10.3 Å². The zero-order valence-corrected chi connectivity index (χ0v) is 11.3. The molecule has 0 spiro atoms. The SMILES string of the molecule is O=C(Cc1c[nH]c2ccccc12)Nc1ccnc(Cl)c1. The summed E-state index contributed by atoms with van der Waals surface area (Å²) in [6, 6.07) is 11.2. The van der Waals surface area contributed by atoms with E-state index in [0.29, 0.717) is 17.3 Å². The molecule has 1 amide bonds. The number of para-hydroxylation sites is 1. The normalized spacial score (nSPS) is 10.7. The summed E-state index contributed by atoms with van der Waals surface area (Å²) < 4.78 is 0. The Balaban J connectivity index is 1.76. The Bertz CT molecular complexity index is 766. The van der Waals surface area contributed by atoms with Gasteiger partial charge in [-0.2, -0.15) is 0 Å². The van der Waals surface area contributed by atoms with Crippen molar-refractivity contribution in [2.45, 2.75) is 6.42 Å². The minimum atomic E-state index is -0.0861. The average molecular weight is 286 g/mol. The Morgan fingerprint density at radius 2 is 2.15 bits per heavy atom. The van der Waals surface area contributed by atoms with Crippen molar-refractivity contribution in [3.8, 4) is 0 Å². The fourth-order valence-electron chi connectivity index (χ4n) is 2.14. The van der Waals surface area contributed by atoms with Gasteiger partial charge in [-0.05, 0) is 23.8 Å². The Morgan fingerprint density at radius 3 is 3.00 bits per heavy atom. The van der Waals surface area contributed by atoms with Gasteiger partial charge in [-0.25, -0.2) is 4.98 Å². The van der Waals surface area contributed by atoms with E-state index in [1.54, 1.807) is 18.3 Å². The first-order valence-electron chi connectivity index (χ1n) is 6.19. The van der Waals surface area contributed by atoms with Gasteiger partial charge in [0.15, 0.2) is 0 Å². The lowest BCUT2D eigenvalue weighted by molar-refractivity contribution is -0.115. The van der Waals surface area contributed by atoms with Crippen LogP contribution in [0.1, 0.15) is 5.56 Å². The van der Waals surface area contributed by atoms with Gasteiger partial charge in [-0.15, -0.1) is 0 Å². The summed E-state index contributed by atoms with van der Waals surface area (Å²) in [7, 11) is 0. The number of rotatable bonds is 3. The van der Waals surface area contributed by atoms with E-state index < -0.39 is 0 Å². The number of carbonyl (C=O) groups excluding carboxylic acids is 1. The molecular formula is C15H12ClN3O. The van der Waals surface area contributed by atoms with Gasteiger partial charge in [0.1, 0.15) is 5.15 Å². The summed E-state index contributed by atoms with van der Waals surface area (Å²) in [5, 5.41) is 4.23. The van der Waals surface area contributed by atoms with Crippen molar-refractivity contribution in [3.63, 3.8) is 0 Å². The standard InChI is InChI=1S/C15H12ClN3O/c16-14-8-11(5-6-17-14)19-15(20)7-10-9-18-13-4-2-1-3-12(10)13/h1-6,8-9,18H,7H2,(H,17,19,20). The lowest BCUT2D eigenvalue weighted by Gasteiger charge is -2.04. The number of hydrogen-bond donors (Lipinski definition) is 2. The van der Waals surface area contributed by atoms with Crippen molar-refractivity contribution in [1.82, 2.24) is 9.97 Å². The van der Waals surface area contributed by atoms with Crippen LogP contribution in [0.2, 0.25) is 5.15 Å². The molecule has 0 saturated carbocycles. The zero-order valence-electron chi connectivity index (χ0n) is 10.6. The molecule has 1 aromatic carbocycles. The number of anilines is 1. The molecule has 20 heavy (non-hydrogen) atoms. The summed E-state index contributed by atoms with van der Waals surface area (Å²) in [6.07, 6.45) is 3.73. The maximum atomic E-state index is 12.0. The van der Waals surface area contributed by atoms with E-state index in [1.165, 1.54) is 0 Å². The summed E-state index contributed by atoms with van der Waals surface area (Å²) in [5.74, 6) is -0.0861. The van der Waals surface area contributed by atoms with Gasteiger partial charge in [0, 0.05) is 29.0 Å². The maximum Gasteiger partial charge on any atom is 0.228 e. The second-order valence-corrected chi connectivity index (χ2v) is 4.84. The molecule has 2 N–H and O–H groups in total. The number of fused-ring (bicyclic) bond motifs is 1. The van der Waals surface area contributed by atoms with Crippen LogP contribution in [0.15, 0.2) is 48.8 Å². The topological polar surface area (TPSA) is 57.8 Å². The second kappa shape index (κ2) is 5.35. The van der Waals surface area contributed by atoms with Crippen LogP contribution >= 0.6 is 11.6 Å². The van der Waals surface area contributed by atoms with Gasteiger partial charge in [0.05, 0.1) is 6.42 Å². The van der Waals surface area contributed by atoms with Crippen LogP contribution in [0.25, 0.3) is 10.9 Å². The molecule has 0 bridgehead atoms. The van der Waals surface area contributed by atoms with Crippen molar-refractivity contribution >= 4 is 34.1 Å². The quantitative estimate of drug-likeness (QED) is 0.725. The Labute approximate surface area is 120 Å². The Hall–Kier alpha value is -2.33. The number of carbonyl (C=O) groups is 1. The highest BCUT2D eigenvalue weighted by Crippen LogP contribution is 2.19. The Morgan fingerprint density at radius 1 is 1.30 bits per heavy atom. The van der Waals surface area contributed by atoms with E-state index in [4.69, 9.17) is 11.6 Å². The second-order valence-electron chi connectivity index (χ2n) is 4.45. The monoisotopic (exact) mass is 285 g/mol. The van der Waals surface area contributed by atoms with Gasteiger partial charge in [0.2, 0.25) is 5.91 Å². The number of amides is 1. The number of halogens is 1. The zero-order chi connectivity index (χ0) is 13.9. The summed E-state index contributed by atoms with van der Waals surface area (Å²) >= 11 is 5.78. The van der Waals surface area contributed by atoms with Gasteiger partial charge in [-0.3, -0.25) is 4.79 Å². The highest BCUT2D eigenvalue weighted by atomic mass is 35.5. The fraction of sp³-hybridized carbons (Fsp3) is 0.0667. The van der Waals surface area contributed by atoms with E-state index in [0.717, 1.165) is 16.5 Å². The smallest absolute Gasteiger partial charge is 0.228 e. The molecule has 100 valence electrons. The number of benzene rings is 1. The lowest BCUT2D eigenvalue weighted by Crippen LogP contribution is -2.14. The van der Waals surface area contributed by atoms with Crippen LogP contribution in [0.3, 0.4) is 0 Å². The number of aromatic amines is 1. The molecule has 0 atom stereocenters. The summed E-state index contributed by atoms with van der Waals surface area (Å²) in [4.78, 5) is 19.1. The number of hydrogen-bond acceptors (Lipinski definition) is 2. The third-order valence-corrected chi connectivity index (χ3v) is 3.24. The first kappa shape index (κ1) is 12.7. The highest BCUT2D eigenvalue weighted by Gasteiger charge is 2.09. The minimum absolute atomic E-state index is 0.0861. The van der Waals surface area contributed by atoms with Crippen LogP contribution in [-0.4, -0.2) is 15.9 Å². The lowest BCUT2D eigenvalue weighted by atomic mass is 10.1. The van der Waals surface area contributed by atoms with Crippen molar-refractivity contribution in [2.75, 3.05) is 5.32 Å². The van der Waals surface area contributed by atoms with Crippen LogP contribution in [0.5, 0.6) is 0 Å². The third kappa shape index (κ3) is 2.65. The molecule has 3 aromatic rings. The third-order valence-electron chi connectivity index (χ3n) is 3.04. The molecule has 2 heterocycles. The maximum absolute atomic E-state index is 12.0. The predicted molar refractivity (Wildman–Crippen MR) is 79.9 cm³/mol. The van der Waals surface area contributed by atoms with E-state index in [-0.39, 0.29) is 5.91 Å². The summed E-state index contributed by atoms with van der Waals surface area (Å²) in [6.45, 7) is 0. The van der Waals surface area contributed by atoms with Crippen molar-refractivity contribution in [2.24, 2.45) is 0 Å². The number of H-pyrrole nitrogens is 1. The molecule has 0 saturated heterocycles. The minimum Gasteiger partial charge on any atom is -0.361 e. The van der Waals surface area contributed by atoms with Crippen molar-refractivity contribution < 1.29 is 4.79 Å². The molecule has 3 rings (SSSR count). The predicted octanol–water partition coefficient (Wildman–Crippen LogP) is 3.40. The molecule has 2 aromatic heterocycles. The van der Waals surface area contributed by atoms with Gasteiger partial charge in [-0.1, -0.05) is 29.8 Å².